The third-order valence-electron chi connectivity index (χ3n) is 3.19. The Morgan fingerprint density at radius 1 is 1.26 bits per heavy atom. The van der Waals surface area contributed by atoms with Crippen LogP contribution in [-0.4, -0.2) is 33.2 Å². The summed E-state index contributed by atoms with van der Waals surface area (Å²) in [4.78, 5) is 4.70. The molecule has 3 nitrogen and oxygen atoms in total. The molecule has 0 saturated heterocycles. The molecule has 104 valence electrons. The van der Waals surface area contributed by atoms with Gasteiger partial charge in [-0.3, -0.25) is 0 Å². The van der Waals surface area contributed by atoms with Gasteiger partial charge in [0.25, 0.3) is 0 Å². The average Bonchev–Trinajstić information content (AvgIpc) is 2.67. The van der Waals surface area contributed by atoms with Crippen LogP contribution in [0.5, 0.6) is 5.75 Å². The molecule has 0 unspecified atom stereocenters. The van der Waals surface area contributed by atoms with Crippen molar-refractivity contribution in [2.24, 2.45) is 4.99 Å². The van der Waals surface area contributed by atoms with Crippen LogP contribution in [0.15, 0.2) is 23.2 Å². The molecule has 0 N–H and O–H groups in total. The van der Waals surface area contributed by atoms with Gasteiger partial charge in [-0.15, -0.1) is 0 Å². The Hall–Kier alpha value is -1.29. The summed E-state index contributed by atoms with van der Waals surface area (Å²) in [6.45, 7) is 11.8. The molecule has 0 bridgehead atoms. The monoisotopic (exact) mass is 277 g/mol. The zero-order chi connectivity index (χ0) is 14.3. The van der Waals surface area contributed by atoms with Crippen molar-refractivity contribution >= 4 is 19.2 Å². The summed E-state index contributed by atoms with van der Waals surface area (Å²) in [7, 11) is 0.183. The van der Waals surface area contributed by atoms with Crippen LogP contribution in [0.25, 0.3) is 0 Å². The van der Waals surface area contributed by atoms with Crippen molar-refractivity contribution in [2.75, 3.05) is 13.7 Å². The van der Waals surface area contributed by atoms with Crippen molar-refractivity contribution < 1.29 is 9.47 Å². The van der Waals surface area contributed by atoms with Crippen LogP contribution in [0.4, 0.5) is 0 Å². The Morgan fingerprint density at radius 2 is 1.95 bits per heavy atom. The standard InChI is InChI=1S/C15H23NO2Si/c1-15(2)10-18-14(16-15)11-8-7-9-12(17-3)13(11)19(4,5)6/h7-9H,10H2,1-6H3. The summed E-state index contributed by atoms with van der Waals surface area (Å²) in [5.41, 5.74) is 0.971. The summed E-state index contributed by atoms with van der Waals surface area (Å²) in [5, 5.41) is 1.29. The van der Waals surface area contributed by atoms with Crippen molar-refractivity contribution in [1.29, 1.82) is 0 Å². The molecule has 1 aromatic carbocycles. The first kappa shape index (κ1) is 14.1. The van der Waals surface area contributed by atoms with Crippen molar-refractivity contribution in [2.45, 2.75) is 39.0 Å². The minimum absolute atomic E-state index is 0.130. The second-order valence-electron chi connectivity index (χ2n) is 6.65. The van der Waals surface area contributed by atoms with E-state index >= 15 is 0 Å². The predicted molar refractivity (Wildman–Crippen MR) is 82.5 cm³/mol. The molecule has 0 aromatic heterocycles. The molecule has 4 heteroatoms. The first-order valence-corrected chi connectivity index (χ1v) is 10.1. The lowest BCUT2D eigenvalue weighted by atomic mass is 10.1. The molecular weight excluding hydrogens is 254 g/mol. The van der Waals surface area contributed by atoms with Crippen molar-refractivity contribution in [3.63, 3.8) is 0 Å². The molecule has 0 radical (unpaired) electrons. The first-order valence-electron chi connectivity index (χ1n) is 6.65. The van der Waals surface area contributed by atoms with Gasteiger partial charge in [0, 0.05) is 5.56 Å². The lowest BCUT2D eigenvalue weighted by Gasteiger charge is -2.23. The first-order chi connectivity index (χ1) is 8.74. The van der Waals surface area contributed by atoms with Crippen LogP contribution in [0.1, 0.15) is 19.4 Å². The maximum absolute atomic E-state index is 5.81. The normalized spacial score (nSPS) is 17.9. The maximum Gasteiger partial charge on any atom is 0.216 e. The van der Waals surface area contributed by atoms with Crippen molar-refractivity contribution in [3.05, 3.63) is 23.8 Å². The van der Waals surface area contributed by atoms with E-state index in [-0.39, 0.29) is 5.54 Å². The third-order valence-corrected chi connectivity index (χ3v) is 5.21. The Morgan fingerprint density at radius 3 is 2.42 bits per heavy atom. The SMILES string of the molecule is COc1cccc(C2=NC(C)(C)CO2)c1[Si](C)(C)C. The molecule has 19 heavy (non-hydrogen) atoms. The van der Waals surface area contributed by atoms with Crippen LogP contribution >= 0.6 is 0 Å². The number of methoxy groups -OCH3 is 1. The molecule has 1 aliphatic rings. The Balaban J connectivity index is 2.59. The van der Waals surface area contributed by atoms with Gasteiger partial charge < -0.3 is 9.47 Å². The number of aliphatic imine (C=N–C) groups is 1. The molecule has 0 aliphatic carbocycles. The van der Waals surface area contributed by atoms with Gasteiger partial charge in [0.1, 0.15) is 12.4 Å². The maximum atomic E-state index is 5.81. The van der Waals surface area contributed by atoms with E-state index in [1.807, 2.05) is 12.1 Å². The second kappa shape index (κ2) is 4.67. The molecule has 0 spiro atoms. The molecule has 0 saturated carbocycles. The molecular formula is C15H23NO2Si. The van der Waals surface area contributed by atoms with Crippen LogP contribution in [0, 0.1) is 0 Å². The van der Waals surface area contributed by atoms with E-state index in [1.54, 1.807) is 7.11 Å². The molecule has 0 fully saturated rings. The summed E-state index contributed by atoms with van der Waals surface area (Å²) >= 11 is 0. The molecule has 2 rings (SSSR count). The van der Waals surface area contributed by atoms with Gasteiger partial charge >= 0.3 is 0 Å². The van der Waals surface area contributed by atoms with Crippen molar-refractivity contribution in [1.82, 2.24) is 0 Å². The summed E-state index contributed by atoms with van der Waals surface area (Å²) < 4.78 is 11.4. The van der Waals surface area contributed by atoms with Gasteiger partial charge in [0.2, 0.25) is 5.90 Å². The highest BCUT2D eigenvalue weighted by molar-refractivity contribution is 6.90. The summed E-state index contributed by atoms with van der Waals surface area (Å²) in [6, 6.07) is 6.13. The van der Waals surface area contributed by atoms with E-state index in [0.717, 1.165) is 17.2 Å². The minimum Gasteiger partial charge on any atom is -0.497 e. The molecule has 0 atom stereocenters. The Bertz CT molecular complexity index is 515. The number of benzene rings is 1. The number of ether oxygens (including phenoxy) is 2. The molecule has 1 aromatic rings. The largest absolute Gasteiger partial charge is 0.497 e. The van der Waals surface area contributed by atoms with Gasteiger partial charge in [0.05, 0.1) is 20.7 Å². The van der Waals surface area contributed by atoms with Gasteiger partial charge in [0.15, 0.2) is 0 Å². The highest BCUT2D eigenvalue weighted by Gasteiger charge is 2.32. The second-order valence-corrected chi connectivity index (χ2v) is 11.7. The van der Waals surface area contributed by atoms with Gasteiger partial charge in [-0.1, -0.05) is 25.7 Å². The Labute approximate surface area is 116 Å². The molecule has 0 amide bonds. The van der Waals surface area contributed by atoms with E-state index in [9.17, 15) is 0 Å². The molecule has 1 heterocycles. The fourth-order valence-corrected chi connectivity index (χ4v) is 4.30. The highest BCUT2D eigenvalue weighted by atomic mass is 28.3. The number of hydrogen-bond acceptors (Lipinski definition) is 3. The lowest BCUT2D eigenvalue weighted by molar-refractivity contribution is 0.279. The quantitative estimate of drug-likeness (QED) is 0.795. The van der Waals surface area contributed by atoms with E-state index in [2.05, 4.69) is 39.6 Å². The third kappa shape index (κ3) is 2.83. The minimum atomic E-state index is -1.54. The van der Waals surface area contributed by atoms with E-state index in [4.69, 9.17) is 14.5 Å². The fraction of sp³-hybridized carbons (Fsp3) is 0.533. The highest BCUT2D eigenvalue weighted by Crippen LogP contribution is 2.24. The van der Waals surface area contributed by atoms with E-state index in [0.29, 0.717) is 6.61 Å². The van der Waals surface area contributed by atoms with E-state index in [1.165, 1.54) is 5.19 Å². The Kier molecular flexibility index (Phi) is 3.47. The van der Waals surface area contributed by atoms with Gasteiger partial charge in [-0.25, -0.2) is 4.99 Å². The van der Waals surface area contributed by atoms with Gasteiger partial charge in [-0.2, -0.15) is 0 Å². The summed E-state index contributed by atoms with van der Waals surface area (Å²) in [6.07, 6.45) is 0. The van der Waals surface area contributed by atoms with E-state index < -0.39 is 8.07 Å². The van der Waals surface area contributed by atoms with Crippen LogP contribution in [0.3, 0.4) is 0 Å². The number of nitrogens with zero attached hydrogens (tertiary/aromatic N) is 1. The molecule has 1 aliphatic heterocycles. The van der Waals surface area contributed by atoms with Crippen LogP contribution in [0.2, 0.25) is 19.6 Å². The smallest absolute Gasteiger partial charge is 0.216 e. The fourth-order valence-electron chi connectivity index (χ4n) is 2.38. The topological polar surface area (TPSA) is 30.8 Å². The number of rotatable bonds is 3. The van der Waals surface area contributed by atoms with Gasteiger partial charge in [-0.05, 0) is 31.2 Å². The van der Waals surface area contributed by atoms with Crippen molar-refractivity contribution in [3.8, 4) is 5.75 Å². The summed E-state index contributed by atoms with van der Waals surface area (Å²) in [5.74, 6) is 1.72. The van der Waals surface area contributed by atoms with Crippen LogP contribution < -0.4 is 9.92 Å². The number of hydrogen-bond donors (Lipinski definition) is 0. The predicted octanol–water partition coefficient (Wildman–Crippen LogP) is 2.80. The zero-order valence-electron chi connectivity index (χ0n) is 12.7. The lowest BCUT2D eigenvalue weighted by Crippen LogP contribution is -2.42. The van der Waals surface area contributed by atoms with Crippen LogP contribution in [-0.2, 0) is 4.74 Å². The average molecular weight is 277 g/mol. The zero-order valence-corrected chi connectivity index (χ0v) is 13.7.